The summed E-state index contributed by atoms with van der Waals surface area (Å²) in [6.07, 6.45) is 3.98. The van der Waals surface area contributed by atoms with Gasteiger partial charge in [-0.2, -0.15) is 0 Å². The first-order valence-corrected chi connectivity index (χ1v) is 15.2. The third-order valence-corrected chi connectivity index (χ3v) is 8.54. The quantitative estimate of drug-likeness (QED) is 0.203. The summed E-state index contributed by atoms with van der Waals surface area (Å²) in [6.45, 7) is 10.4. The maximum absolute atomic E-state index is 13.3. The van der Waals surface area contributed by atoms with Crippen molar-refractivity contribution in [1.82, 2.24) is 19.7 Å². The van der Waals surface area contributed by atoms with Crippen molar-refractivity contribution in [3.8, 4) is 5.75 Å². The number of amides is 1. The summed E-state index contributed by atoms with van der Waals surface area (Å²) in [5.41, 5.74) is 4.05. The highest BCUT2D eigenvalue weighted by Crippen LogP contribution is 2.27. The molecular weight excluding hydrogens is 555 g/mol. The predicted octanol–water partition coefficient (Wildman–Crippen LogP) is 6.53. The predicted molar refractivity (Wildman–Crippen MR) is 168 cm³/mol. The van der Waals surface area contributed by atoms with E-state index in [1.165, 1.54) is 5.56 Å². The lowest BCUT2D eigenvalue weighted by molar-refractivity contribution is 0.0952. The Balaban J connectivity index is 1.14. The number of aryl methyl sites for hydroxylation is 2. The van der Waals surface area contributed by atoms with Crippen LogP contribution in [0, 0.1) is 0 Å². The second kappa shape index (κ2) is 14.2. The number of benzene rings is 3. The van der Waals surface area contributed by atoms with E-state index in [1.807, 2.05) is 48.7 Å². The minimum Gasteiger partial charge on any atom is -0.492 e. The van der Waals surface area contributed by atoms with Gasteiger partial charge in [-0.1, -0.05) is 72.6 Å². The number of nitrogens with zero attached hydrogens (tertiary/aromatic N) is 3. The Labute approximate surface area is 252 Å². The van der Waals surface area contributed by atoms with Crippen molar-refractivity contribution in [2.45, 2.75) is 32.9 Å². The molecular formula is C33H38Cl2N4O2. The molecule has 1 N–H and O–H groups in total. The van der Waals surface area contributed by atoms with Crippen molar-refractivity contribution >= 4 is 40.0 Å². The molecule has 2 heterocycles. The number of hydrogen-bond donors (Lipinski definition) is 1. The summed E-state index contributed by atoms with van der Waals surface area (Å²) in [6, 6.07) is 21.7. The van der Waals surface area contributed by atoms with E-state index in [0.717, 1.165) is 80.9 Å². The van der Waals surface area contributed by atoms with E-state index in [4.69, 9.17) is 27.9 Å². The zero-order valence-electron chi connectivity index (χ0n) is 23.6. The van der Waals surface area contributed by atoms with Gasteiger partial charge in [0.15, 0.2) is 0 Å². The first-order valence-electron chi connectivity index (χ1n) is 14.5. The third-order valence-electron chi connectivity index (χ3n) is 7.80. The van der Waals surface area contributed by atoms with Gasteiger partial charge >= 0.3 is 0 Å². The molecule has 1 aromatic heterocycles. The van der Waals surface area contributed by atoms with E-state index in [1.54, 1.807) is 12.1 Å². The zero-order valence-corrected chi connectivity index (χ0v) is 25.1. The van der Waals surface area contributed by atoms with Crippen LogP contribution in [0.2, 0.25) is 10.0 Å². The second-order valence-electron chi connectivity index (χ2n) is 10.5. The number of carbonyl (C=O) groups is 1. The number of piperazine rings is 1. The van der Waals surface area contributed by atoms with Crippen molar-refractivity contribution in [2.75, 3.05) is 45.9 Å². The van der Waals surface area contributed by atoms with Gasteiger partial charge in [0.05, 0.1) is 21.1 Å². The zero-order chi connectivity index (χ0) is 28.6. The van der Waals surface area contributed by atoms with Crippen molar-refractivity contribution < 1.29 is 9.53 Å². The van der Waals surface area contributed by atoms with E-state index in [0.29, 0.717) is 28.8 Å². The molecule has 216 valence electrons. The number of hydrogen-bond acceptors (Lipinski definition) is 4. The molecule has 0 unspecified atom stereocenters. The van der Waals surface area contributed by atoms with Gasteiger partial charge in [0.2, 0.25) is 0 Å². The van der Waals surface area contributed by atoms with Crippen molar-refractivity contribution in [1.29, 1.82) is 0 Å². The highest BCUT2D eigenvalue weighted by atomic mass is 35.5. The maximum atomic E-state index is 13.3. The number of rotatable bonds is 12. The molecule has 5 rings (SSSR count). The largest absolute Gasteiger partial charge is 0.492 e. The number of para-hydroxylation sites is 2. The monoisotopic (exact) mass is 592 g/mol. The molecule has 0 radical (unpaired) electrons. The van der Waals surface area contributed by atoms with E-state index in [2.05, 4.69) is 38.7 Å². The van der Waals surface area contributed by atoms with Gasteiger partial charge in [-0.25, -0.2) is 0 Å². The molecule has 0 bridgehead atoms. The molecule has 1 fully saturated rings. The summed E-state index contributed by atoms with van der Waals surface area (Å²) in [7, 11) is 0. The molecule has 1 aliphatic rings. The fourth-order valence-corrected chi connectivity index (χ4v) is 5.84. The fraction of sp³-hybridized carbons (Fsp3) is 0.364. The van der Waals surface area contributed by atoms with Gasteiger partial charge in [-0.15, -0.1) is 0 Å². The lowest BCUT2D eigenvalue weighted by Crippen LogP contribution is -2.47. The topological polar surface area (TPSA) is 49.7 Å². The maximum Gasteiger partial charge on any atom is 0.253 e. The molecule has 8 heteroatoms. The van der Waals surface area contributed by atoms with Crippen LogP contribution in [0.25, 0.3) is 10.9 Å². The van der Waals surface area contributed by atoms with Gasteiger partial charge in [0.25, 0.3) is 5.91 Å². The lowest BCUT2D eigenvalue weighted by atomic mass is 10.1. The molecule has 0 spiro atoms. The standard InChI is InChI=1S/C33H38Cl2N4O2/c1-2-26-8-6-11-28-29(33(40)36-23-25-12-13-30(34)31(35)22-25)24-39(32(26)28)15-7-14-37-16-18-38(19-17-37)20-21-41-27-9-4-3-5-10-27/h3-6,8-13,22,24H,2,7,14-21,23H2,1H3,(H,36,40). The third kappa shape index (κ3) is 7.63. The highest BCUT2D eigenvalue weighted by Gasteiger charge is 2.19. The summed E-state index contributed by atoms with van der Waals surface area (Å²) in [4.78, 5) is 18.3. The minimum absolute atomic E-state index is 0.0829. The van der Waals surface area contributed by atoms with Gasteiger partial charge in [0.1, 0.15) is 12.4 Å². The summed E-state index contributed by atoms with van der Waals surface area (Å²) in [5, 5.41) is 5.06. The van der Waals surface area contributed by atoms with Crippen LogP contribution in [-0.4, -0.2) is 66.1 Å². The minimum atomic E-state index is -0.0829. The Hall–Kier alpha value is -3.03. The normalized spacial score (nSPS) is 14.4. The molecule has 0 saturated carbocycles. The Morgan fingerprint density at radius 1 is 0.878 bits per heavy atom. The average Bonchev–Trinajstić information content (AvgIpc) is 3.38. The molecule has 41 heavy (non-hydrogen) atoms. The first-order chi connectivity index (χ1) is 20.0. The first kappa shape index (κ1) is 29.5. The molecule has 6 nitrogen and oxygen atoms in total. The number of aromatic nitrogens is 1. The van der Waals surface area contributed by atoms with Gasteiger partial charge in [0, 0.05) is 57.4 Å². The van der Waals surface area contributed by atoms with E-state index < -0.39 is 0 Å². The SMILES string of the molecule is CCc1cccc2c(C(=O)NCc3ccc(Cl)c(Cl)c3)cn(CCCN3CCN(CCOc4ccccc4)CC3)c12. The molecule has 0 aliphatic carbocycles. The van der Waals surface area contributed by atoms with Gasteiger partial charge in [-0.3, -0.25) is 9.69 Å². The van der Waals surface area contributed by atoms with E-state index >= 15 is 0 Å². The molecule has 1 amide bonds. The number of carbonyl (C=O) groups excluding carboxylic acids is 1. The van der Waals surface area contributed by atoms with Gasteiger partial charge < -0.3 is 19.5 Å². The Kier molecular flexibility index (Phi) is 10.2. The van der Waals surface area contributed by atoms with Crippen molar-refractivity contribution in [3.63, 3.8) is 0 Å². The molecule has 4 aromatic rings. The Bertz CT molecular complexity index is 1450. The van der Waals surface area contributed by atoms with Crippen LogP contribution in [0.3, 0.4) is 0 Å². The number of halogens is 2. The smallest absolute Gasteiger partial charge is 0.253 e. The summed E-state index contributed by atoms with van der Waals surface area (Å²) < 4.78 is 8.15. The van der Waals surface area contributed by atoms with Crippen LogP contribution in [-0.2, 0) is 19.5 Å². The van der Waals surface area contributed by atoms with E-state index in [9.17, 15) is 4.79 Å². The fourth-order valence-electron chi connectivity index (χ4n) is 5.52. The second-order valence-corrected chi connectivity index (χ2v) is 11.3. The molecule has 3 aromatic carbocycles. The molecule has 1 saturated heterocycles. The van der Waals surface area contributed by atoms with Crippen LogP contribution in [0.4, 0.5) is 0 Å². The number of fused-ring (bicyclic) bond motifs is 1. The highest BCUT2D eigenvalue weighted by molar-refractivity contribution is 6.42. The number of nitrogens with one attached hydrogen (secondary N) is 1. The lowest BCUT2D eigenvalue weighted by Gasteiger charge is -2.34. The number of ether oxygens (including phenoxy) is 1. The van der Waals surface area contributed by atoms with Crippen molar-refractivity contribution in [2.24, 2.45) is 0 Å². The van der Waals surface area contributed by atoms with Crippen LogP contribution in [0.1, 0.15) is 34.8 Å². The summed E-state index contributed by atoms with van der Waals surface area (Å²) >= 11 is 12.2. The van der Waals surface area contributed by atoms with Crippen LogP contribution < -0.4 is 10.1 Å². The average molecular weight is 594 g/mol. The Morgan fingerprint density at radius 3 is 2.37 bits per heavy atom. The van der Waals surface area contributed by atoms with E-state index in [-0.39, 0.29) is 5.91 Å². The molecule has 1 aliphatic heterocycles. The van der Waals surface area contributed by atoms with Crippen LogP contribution >= 0.6 is 23.2 Å². The van der Waals surface area contributed by atoms with Gasteiger partial charge in [-0.05, 0) is 54.8 Å². The van der Waals surface area contributed by atoms with Crippen molar-refractivity contribution in [3.05, 3.63) is 99.7 Å². The Morgan fingerprint density at radius 2 is 1.63 bits per heavy atom. The molecule has 0 atom stereocenters. The summed E-state index contributed by atoms with van der Waals surface area (Å²) in [5.74, 6) is 0.849. The van der Waals surface area contributed by atoms with Crippen LogP contribution in [0.5, 0.6) is 5.75 Å². The van der Waals surface area contributed by atoms with Crippen LogP contribution in [0.15, 0.2) is 72.9 Å².